The number of rotatable bonds is 10. The monoisotopic (exact) mass is 608 g/mol. The molecule has 10 heteroatoms. The molecule has 3 aromatic carbocycles. The summed E-state index contributed by atoms with van der Waals surface area (Å²) in [4.78, 5) is 32.7. The molecule has 0 unspecified atom stereocenters. The molecule has 45 heavy (non-hydrogen) atoms. The van der Waals surface area contributed by atoms with Gasteiger partial charge in [-0.15, -0.1) is 0 Å². The Morgan fingerprint density at radius 2 is 1.71 bits per heavy atom. The zero-order valence-corrected chi connectivity index (χ0v) is 26.0. The summed E-state index contributed by atoms with van der Waals surface area (Å²) in [5.41, 5.74) is 5.48. The average molecular weight is 609 g/mol. The highest BCUT2D eigenvalue weighted by Crippen LogP contribution is 2.38. The summed E-state index contributed by atoms with van der Waals surface area (Å²) in [6.07, 6.45) is 5.49. The maximum atomic E-state index is 13.1. The van der Waals surface area contributed by atoms with Gasteiger partial charge >= 0.3 is 0 Å². The van der Waals surface area contributed by atoms with E-state index < -0.39 is 0 Å². The number of aromatic amines is 1. The molecule has 7 rings (SSSR count). The van der Waals surface area contributed by atoms with E-state index in [1.165, 1.54) is 5.69 Å². The van der Waals surface area contributed by atoms with Gasteiger partial charge in [0.05, 0.1) is 48.6 Å². The normalized spacial score (nSPS) is 18.2. The summed E-state index contributed by atoms with van der Waals surface area (Å²) in [5, 5.41) is 0. The zero-order chi connectivity index (χ0) is 30.8. The molecular formula is C35H40N6O4. The van der Waals surface area contributed by atoms with Crippen LogP contribution < -0.4 is 19.1 Å². The van der Waals surface area contributed by atoms with Crippen LogP contribution in [0.1, 0.15) is 36.0 Å². The molecule has 234 valence electrons. The number of anilines is 1. The maximum absolute atomic E-state index is 13.1. The number of hydrogen-bond acceptors (Lipinski definition) is 8. The Kier molecular flexibility index (Phi) is 8.30. The van der Waals surface area contributed by atoms with Gasteiger partial charge in [-0.3, -0.25) is 9.79 Å². The Bertz CT molecular complexity index is 1690. The summed E-state index contributed by atoms with van der Waals surface area (Å²) in [5.74, 6) is 2.83. The second-order valence-corrected chi connectivity index (χ2v) is 12.0. The number of amides is 1. The van der Waals surface area contributed by atoms with Crippen LogP contribution in [0.2, 0.25) is 0 Å². The number of aromatic nitrogens is 2. The first kappa shape index (κ1) is 29.2. The fourth-order valence-corrected chi connectivity index (χ4v) is 6.30. The number of benzene rings is 3. The fourth-order valence-electron chi connectivity index (χ4n) is 6.30. The molecule has 0 bridgehead atoms. The van der Waals surface area contributed by atoms with Gasteiger partial charge < -0.3 is 33.9 Å². The van der Waals surface area contributed by atoms with Crippen LogP contribution in [0.3, 0.4) is 0 Å². The minimum Gasteiger partial charge on any atom is -0.494 e. The Morgan fingerprint density at radius 3 is 2.51 bits per heavy atom. The Labute approximate surface area is 263 Å². The van der Waals surface area contributed by atoms with Crippen LogP contribution in [0, 0.1) is 0 Å². The molecule has 0 saturated carbocycles. The largest absolute Gasteiger partial charge is 0.494 e. The highest BCUT2D eigenvalue weighted by Gasteiger charge is 2.32. The molecule has 1 amide bonds. The number of nitrogens with zero attached hydrogens (tertiary/aromatic N) is 5. The third-order valence-corrected chi connectivity index (χ3v) is 8.98. The first-order valence-corrected chi connectivity index (χ1v) is 15.9. The summed E-state index contributed by atoms with van der Waals surface area (Å²) in [7, 11) is 3.77. The lowest BCUT2D eigenvalue weighted by Gasteiger charge is -2.34. The number of imidazole rings is 1. The molecule has 1 N–H and O–H groups in total. The number of ether oxygens (including phenoxy) is 3. The van der Waals surface area contributed by atoms with Gasteiger partial charge in [-0.1, -0.05) is 0 Å². The number of unbranched alkanes of at least 4 members (excludes halogenated alkanes) is 1. The Morgan fingerprint density at radius 1 is 0.911 bits per heavy atom. The summed E-state index contributed by atoms with van der Waals surface area (Å²) < 4.78 is 17.6. The first-order valence-electron chi connectivity index (χ1n) is 15.9. The third kappa shape index (κ3) is 6.20. The van der Waals surface area contributed by atoms with E-state index in [2.05, 4.69) is 45.0 Å². The van der Waals surface area contributed by atoms with Gasteiger partial charge in [0.25, 0.3) is 5.91 Å². The van der Waals surface area contributed by atoms with Gasteiger partial charge in [-0.05, 0) is 81.3 Å². The van der Waals surface area contributed by atoms with Crippen LogP contribution in [0.25, 0.3) is 22.4 Å². The number of carbonyl (C=O) groups is 1. The van der Waals surface area contributed by atoms with Gasteiger partial charge in [-0.25, -0.2) is 4.98 Å². The number of hydrogen-bond donors (Lipinski definition) is 1. The van der Waals surface area contributed by atoms with E-state index in [-0.39, 0.29) is 11.9 Å². The molecule has 3 aliphatic heterocycles. The molecule has 3 aliphatic rings. The van der Waals surface area contributed by atoms with Gasteiger partial charge in [0.15, 0.2) is 11.5 Å². The number of aliphatic imine (C=N–C) groups is 1. The Balaban J connectivity index is 0.898. The topological polar surface area (TPSA) is 95.5 Å². The van der Waals surface area contributed by atoms with Crippen LogP contribution in [0.15, 0.2) is 59.6 Å². The second-order valence-electron chi connectivity index (χ2n) is 12.0. The van der Waals surface area contributed by atoms with E-state index in [0.29, 0.717) is 36.0 Å². The number of methoxy groups -OCH3 is 1. The smallest absolute Gasteiger partial charge is 0.256 e. The van der Waals surface area contributed by atoms with E-state index in [9.17, 15) is 4.79 Å². The summed E-state index contributed by atoms with van der Waals surface area (Å²) >= 11 is 0. The fraction of sp³-hybridized carbons (Fsp3) is 0.400. The van der Waals surface area contributed by atoms with E-state index in [0.717, 1.165) is 86.6 Å². The molecular weight excluding hydrogens is 568 g/mol. The quantitative estimate of drug-likeness (QED) is 0.236. The van der Waals surface area contributed by atoms with Crippen molar-refractivity contribution in [3.05, 3.63) is 60.2 Å². The van der Waals surface area contributed by atoms with E-state index in [4.69, 9.17) is 19.2 Å². The van der Waals surface area contributed by atoms with Crippen molar-refractivity contribution in [1.29, 1.82) is 0 Å². The van der Waals surface area contributed by atoms with Crippen LogP contribution in [0.4, 0.5) is 11.4 Å². The van der Waals surface area contributed by atoms with Gasteiger partial charge in [0, 0.05) is 56.3 Å². The maximum Gasteiger partial charge on any atom is 0.256 e. The lowest BCUT2D eigenvalue weighted by Crippen LogP contribution is -2.44. The first-order chi connectivity index (χ1) is 22.1. The number of piperazine rings is 1. The van der Waals surface area contributed by atoms with Crippen LogP contribution in [-0.2, 0) is 0 Å². The molecule has 0 radical (unpaired) electrons. The van der Waals surface area contributed by atoms with Gasteiger partial charge in [0.2, 0.25) is 0 Å². The molecule has 1 aromatic heterocycles. The summed E-state index contributed by atoms with van der Waals surface area (Å²) in [6.45, 7) is 6.10. The standard InChI is InChI=1S/C35H40N6O4/c1-39-14-16-40(17-15-39)25-9-12-29-31(20-25)38-34(37-29)24-7-10-27(11-8-24)44-18-3-4-19-45-33-22-30-28(21-32(33)43-2)35(42)41-13-5-6-26(41)23-36-30/h7-12,20-23,26H,3-6,13-19H2,1-2H3,(H,37,38)/t26-/m0/s1. The van der Waals surface area contributed by atoms with Crippen LogP contribution in [-0.4, -0.2) is 98.0 Å². The van der Waals surface area contributed by atoms with Crippen molar-refractivity contribution in [2.75, 3.05) is 65.0 Å². The number of H-pyrrole nitrogens is 1. The van der Waals surface area contributed by atoms with E-state index >= 15 is 0 Å². The molecule has 0 spiro atoms. The minimum absolute atomic E-state index is 0.00734. The van der Waals surface area contributed by atoms with Crippen LogP contribution >= 0.6 is 0 Å². The van der Waals surface area contributed by atoms with E-state index in [1.54, 1.807) is 13.2 Å². The van der Waals surface area contributed by atoms with Gasteiger partial charge in [0.1, 0.15) is 11.6 Å². The van der Waals surface area contributed by atoms with Crippen molar-refractivity contribution in [2.45, 2.75) is 31.7 Å². The number of fused-ring (bicyclic) bond motifs is 3. The van der Waals surface area contributed by atoms with Crippen molar-refractivity contribution < 1.29 is 19.0 Å². The van der Waals surface area contributed by atoms with E-state index in [1.807, 2.05) is 41.4 Å². The SMILES string of the molecule is COc1cc2c(cc1OCCCCOc1ccc(-c3nc4ccc(N5CCN(C)CC5)cc4[nH]3)cc1)N=C[C@@H]1CCCN1C2=O. The molecule has 10 nitrogen and oxygen atoms in total. The Hall–Kier alpha value is -4.57. The van der Waals surface area contributed by atoms with Crippen molar-refractivity contribution >= 4 is 34.5 Å². The average Bonchev–Trinajstić information content (AvgIpc) is 3.70. The molecule has 4 heterocycles. The lowest BCUT2D eigenvalue weighted by molar-refractivity contribution is 0.0774. The van der Waals surface area contributed by atoms with Crippen molar-refractivity contribution in [2.24, 2.45) is 4.99 Å². The predicted molar refractivity (Wildman–Crippen MR) is 177 cm³/mol. The predicted octanol–water partition coefficient (Wildman–Crippen LogP) is 5.55. The van der Waals surface area contributed by atoms with Gasteiger partial charge in [-0.2, -0.15) is 0 Å². The molecule has 2 saturated heterocycles. The van der Waals surface area contributed by atoms with Crippen molar-refractivity contribution in [1.82, 2.24) is 19.8 Å². The highest BCUT2D eigenvalue weighted by atomic mass is 16.5. The molecule has 4 aromatic rings. The second kappa shape index (κ2) is 12.8. The zero-order valence-electron chi connectivity index (χ0n) is 26.0. The number of nitrogens with one attached hydrogen (secondary N) is 1. The molecule has 0 aliphatic carbocycles. The highest BCUT2D eigenvalue weighted by molar-refractivity contribution is 6.03. The third-order valence-electron chi connectivity index (χ3n) is 8.98. The number of carbonyl (C=O) groups excluding carboxylic acids is 1. The molecule has 2 fully saturated rings. The minimum atomic E-state index is 0.00734. The number of likely N-dealkylation sites (N-methyl/N-ethyl adjacent to an activating group) is 1. The molecule has 1 atom stereocenters. The lowest BCUT2D eigenvalue weighted by atomic mass is 10.1. The van der Waals surface area contributed by atoms with Crippen LogP contribution in [0.5, 0.6) is 17.2 Å². The van der Waals surface area contributed by atoms with Crippen molar-refractivity contribution in [3.8, 4) is 28.6 Å². The van der Waals surface area contributed by atoms with Crippen molar-refractivity contribution in [3.63, 3.8) is 0 Å². The summed E-state index contributed by atoms with van der Waals surface area (Å²) in [6, 6.07) is 18.2.